The molecule has 0 aliphatic carbocycles. The van der Waals surface area contributed by atoms with Crippen molar-refractivity contribution < 1.29 is 18.8 Å². The number of carbonyl (C=O) groups is 2. The number of cyclic esters (lactones) is 1. The van der Waals surface area contributed by atoms with Crippen LogP contribution in [-0.4, -0.2) is 38.4 Å². The largest absolute Gasteiger partial charge is 0.446 e. The van der Waals surface area contributed by atoms with Crippen molar-refractivity contribution in [1.29, 1.82) is 0 Å². The van der Waals surface area contributed by atoms with Gasteiger partial charge in [0.05, 0.1) is 0 Å². The van der Waals surface area contributed by atoms with Gasteiger partial charge in [0, 0.05) is 12.7 Å². The van der Waals surface area contributed by atoms with Gasteiger partial charge in [0.25, 0.3) is 14.2 Å². The van der Waals surface area contributed by atoms with Crippen LogP contribution in [0.4, 0.5) is 4.79 Å². The van der Waals surface area contributed by atoms with Crippen LogP contribution in [0.2, 0.25) is 5.04 Å². The van der Waals surface area contributed by atoms with Crippen molar-refractivity contribution in [3.63, 3.8) is 0 Å². The molecule has 1 heterocycles. The summed E-state index contributed by atoms with van der Waals surface area (Å²) in [7, 11) is -2.66. The number of benzene rings is 3. The van der Waals surface area contributed by atoms with Crippen LogP contribution in [0.15, 0.2) is 103 Å². The molecular formula is C31H35NO4Si. The molecule has 0 aromatic heterocycles. The molecule has 3 aromatic carbocycles. The molecule has 4 rings (SSSR count). The molecule has 37 heavy (non-hydrogen) atoms. The first-order valence-electron chi connectivity index (χ1n) is 12.7. The molecule has 6 heteroatoms. The average Bonchev–Trinajstić information content (AvgIpc) is 3.30. The molecule has 0 spiro atoms. The lowest BCUT2D eigenvalue weighted by molar-refractivity contribution is -0.124. The van der Waals surface area contributed by atoms with Gasteiger partial charge in [-0.2, -0.15) is 0 Å². The Morgan fingerprint density at radius 3 is 2.00 bits per heavy atom. The van der Waals surface area contributed by atoms with E-state index in [0.717, 1.165) is 5.56 Å². The minimum absolute atomic E-state index is 0.0422. The minimum atomic E-state index is -2.66. The van der Waals surface area contributed by atoms with Crippen molar-refractivity contribution in [2.75, 3.05) is 13.2 Å². The second kappa shape index (κ2) is 11.3. The molecule has 1 aliphatic heterocycles. The summed E-state index contributed by atoms with van der Waals surface area (Å²) in [6.07, 6.45) is 2.69. The van der Waals surface area contributed by atoms with Gasteiger partial charge < -0.3 is 9.16 Å². The van der Waals surface area contributed by atoms with E-state index in [2.05, 4.69) is 69.3 Å². The summed E-state index contributed by atoms with van der Waals surface area (Å²) >= 11 is 0. The SMILES string of the molecule is C[C@H](/C=C/C(=O)N1C(=O)OC[C@@H]1c1ccccc1)CO[Si](c1ccccc1)(c1ccccc1)C(C)(C)C. The van der Waals surface area contributed by atoms with E-state index in [9.17, 15) is 9.59 Å². The van der Waals surface area contributed by atoms with Crippen LogP contribution in [0.5, 0.6) is 0 Å². The number of hydrogen-bond donors (Lipinski definition) is 0. The Kier molecular flexibility index (Phi) is 8.10. The van der Waals surface area contributed by atoms with Gasteiger partial charge in [-0.05, 0) is 26.9 Å². The number of hydrogen-bond acceptors (Lipinski definition) is 4. The summed E-state index contributed by atoms with van der Waals surface area (Å²) in [5, 5.41) is 2.30. The maximum Gasteiger partial charge on any atom is 0.417 e. The van der Waals surface area contributed by atoms with Crippen molar-refractivity contribution in [2.24, 2.45) is 5.92 Å². The zero-order chi connectivity index (χ0) is 26.5. The molecule has 0 saturated carbocycles. The molecule has 192 valence electrons. The Bertz CT molecular complexity index is 1180. The molecule has 0 N–H and O–H groups in total. The van der Waals surface area contributed by atoms with Gasteiger partial charge in [-0.25, -0.2) is 9.69 Å². The first-order chi connectivity index (χ1) is 17.7. The van der Waals surface area contributed by atoms with Crippen LogP contribution >= 0.6 is 0 Å². The van der Waals surface area contributed by atoms with E-state index >= 15 is 0 Å². The summed E-state index contributed by atoms with van der Waals surface area (Å²) in [6, 6.07) is 30.0. The highest BCUT2D eigenvalue weighted by Gasteiger charge is 2.50. The second-order valence-electron chi connectivity index (χ2n) is 10.5. The van der Waals surface area contributed by atoms with Gasteiger partial charge in [-0.15, -0.1) is 0 Å². The van der Waals surface area contributed by atoms with E-state index in [-0.39, 0.29) is 23.5 Å². The maximum absolute atomic E-state index is 13.1. The third-order valence-corrected chi connectivity index (χ3v) is 11.8. The molecule has 1 saturated heterocycles. The van der Waals surface area contributed by atoms with Crippen molar-refractivity contribution >= 4 is 30.7 Å². The van der Waals surface area contributed by atoms with Gasteiger partial charge in [0.2, 0.25) is 0 Å². The van der Waals surface area contributed by atoms with Crippen molar-refractivity contribution in [3.05, 3.63) is 109 Å². The van der Waals surface area contributed by atoms with E-state index < -0.39 is 20.5 Å². The topological polar surface area (TPSA) is 55.8 Å². The number of rotatable bonds is 8. The van der Waals surface area contributed by atoms with Crippen LogP contribution in [0.25, 0.3) is 0 Å². The van der Waals surface area contributed by atoms with Crippen molar-refractivity contribution in [3.8, 4) is 0 Å². The van der Waals surface area contributed by atoms with Crippen LogP contribution in [0, 0.1) is 5.92 Å². The smallest absolute Gasteiger partial charge is 0.417 e. The summed E-state index contributed by atoms with van der Waals surface area (Å²) < 4.78 is 12.2. The van der Waals surface area contributed by atoms with Gasteiger partial charge in [-0.1, -0.05) is 125 Å². The third kappa shape index (κ3) is 5.60. The molecule has 2 amide bonds. The molecule has 0 bridgehead atoms. The third-order valence-electron chi connectivity index (χ3n) is 6.84. The summed E-state index contributed by atoms with van der Waals surface area (Å²) in [5.74, 6) is -0.423. The number of nitrogens with zero attached hydrogens (tertiary/aromatic N) is 1. The Morgan fingerprint density at radius 2 is 1.49 bits per heavy atom. The fraction of sp³-hybridized carbons (Fsp3) is 0.290. The monoisotopic (exact) mass is 513 g/mol. The van der Waals surface area contributed by atoms with Gasteiger partial charge >= 0.3 is 6.09 Å². The first-order valence-corrected chi connectivity index (χ1v) is 14.6. The summed E-state index contributed by atoms with van der Waals surface area (Å²) in [5.41, 5.74) is 0.873. The molecule has 1 fully saturated rings. The number of imide groups is 1. The van der Waals surface area contributed by atoms with Gasteiger partial charge in [0.15, 0.2) is 0 Å². The Labute approximate surface area is 220 Å². The first kappa shape index (κ1) is 26.6. The van der Waals surface area contributed by atoms with Gasteiger partial charge in [0.1, 0.15) is 12.6 Å². The molecule has 0 unspecified atom stereocenters. The lowest BCUT2D eigenvalue weighted by atomic mass is 10.1. The number of ether oxygens (including phenoxy) is 1. The Hall–Kier alpha value is -3.48. The van der Waals surface area contributed by atoms with E-state index in [1.807, 2.05) is 55.5 Å². The highest BCUT2D eigenvalue weighted by molar-refractivity contribution is 6.99. The van der Waals surface area contributed by atoms with Crippen LogP contribution in [0.3, 0.4) is 0 Å². The molecule has 1 aliphatic rings. The highest BCUT2D eigenvalue weighted by atomic mass is 28.4. The second-order valence-corrected chi connectivity index (χ2v) is 14.8. The molecule has 3 aromatic rings. The van der Waals surface area contributed by atoms with E-state index in [0.29, 0.717) is 6.61 Å². The average molecular weight is 514 g/mol. The van der Waals surface area contributed by atoms with Gasteiger partial charge in [-0.3, -0.25) is 4.79 Å². The lowest BCUT2D eigenvalue weighted by Crippen LogP contribution is -2.66. The Balaban J connectivity index is 1.54. The fourth-order valence-corrected chi connectivity index (χ4v) is 9.65. The molecular weight excluding hydrogens is 478 g/mol. The van der Waals surface area contributed by atoms with Crippen LogP contribution < -0.4 is 10.4 Å². The van der Waals surface area contributed by atoms with Crippen molar-refractivity contribution in [2.45, 2.75) is 38.8 Å². The van der Waals surface area contributed by atoms with E-state index in [4.69, 9.17) is 9.16 Å². The Morgan fingerprint density at radius 1 is 0.973 bits per heavy atom. The highest BCUT2D eigenvalue weighted by Crippen LogP contribution is 2.37. The molecule has 5 nitrogen and oxygen atoms in total. The lowest BCUT2D eigenvalue weighted by Gasteiger charge is -2.43. The predicted molar refractivity (Wildman–Crippen MR) is 149 cm³/mol. The number of amides is 2. The maximum atomic E-state index is 13.1. The van der Waals surface area contributed by atoms with Crippen LogP contribution in [-0.2, 0) is 14.0 Å². The van der Waals surface area contributed by atoms with Crippen molar-refractivity contribution in [1.82, 2.24) is 4.90 Å². The summed E-state index contributed by atoms with van der Waals surface area (Å²) in [6.45, 7) is 9.36. The van der Waals surface area contributed by atoms with E-state index in [1.54, 1.807) is 0 Å². The minimum Gasteiger partial charge on any atom is -0.446 e. The molecule has 0 radical (unpaired) electrons. The fourth-order valence-electron chi connectivity index (χ4n) is 4.99. The molecule has 2 atom stereocenters. The zero-order valence-electron chi connectivity index (χ0n) is 22.0. The predicted octanol–water partition coefficient (Wildman–Crippen LogP) is 5.48. The zero-order valence-corrected chi connectivity index (χ0v) is 23.0. The van der Waals surface area contributed by atoms with E-state index in [1.165, 1.54) is 21.3 Å². The normalized spacial score (nSPS) is 17.1. The van der Waals surface area contributed by atoms with Crippen LogP contribution in [0.1, 0.15) is 39.3 Å². The quantitative estimate of drug-likeness (QED) is 0.296. The standard InChI is InChI=1S/C31H35NO4Si/c1-24(20-21-29(33)32-28(23-35-30(32)34)25-14-8-5-9-15-25)22-36-37(31(2,3)4,26-16-10-6-11-17-26)27-18-12-7-13-19-27/h5-21,24,28H,22-23H2,1-4H3/b21-20+/t24-,28-/m1/s1. The summed E-state index contributed by atoms with van der Waals surface area (Å²) in [4.78, 5) is 26.6. The number of carbonyl (C=O) groups excluding carboxylic acids is 2.